The molecule has 4 aliphatic rings. The van der Waals surface area contributed by atoms with Crippen LogP contribution >= 0.6 is 11.6 Å². The number of aromatic nitrogens is 2. The summed E-state index contributed by atoms with van der Waals surface area (Å²) in [5, 5.41) is 14.0. The van der Waals surface area contributed by atoms with Crippen LogP contribution in [-0.2, 0) is 21.2 Å². The zero-order chi connectivity index (χ0) is 46.2. The van der Waals surface area contributed by atoms with E-state index in [4.69, 9.17) is 25.8 Å². The van der Waals surface area contributed by atoms with E-state index in [0.717, 1.165) is 106 Å². The molecule has 1 amide bonds. The molecular weight excluding hydrogens is 880 g/mol. The SMILES string of the molecule is COC1CCC(C[C@@H]2COc3cc(S(=O)(=O)NC(=O)c4ccc(N5CCN(CC6=C(c7ccc(Cl)cc7)CC(C)(C)CC6)CC5)cc4Oc4cnc5[nH]ccc5c4)cc([N+](=O)[O-])c3C2)CC1. The normalized spacial score (nSPS) is 21.3. The number of fused-ring (bicyclic) bond motifs is 2. The molecule has 14 nitrogen and oxygen atoms in total. The number of sulfonamides is 1. The predicted molar refractivity (Wildman–Crippen MR) is 255 cm³/mol. The number of nitrogens with zero attached hydrogens (tertiary/aromatic N) is 4. The summed E-state index contributed by atoms with van der Waals surface area (Å²) < 4.78 is 48.1. The second kappa shape index (κ2) is 19.0. The fourth-order valence-corrected chi connectivity index (χ4v) is 11.4. The molecule has 2 fully saturated rings. The number of carbonyl (C=O) groups is 1. The highest BCUT2D eigenvalue weighted by Gasteiger charge is 2.35. The maximum atomic E-state index is 14.1. The molecule has 4 heterocycles. The number of anilines is 1. The fraction of sp³-hybridized carbons (Fsp3) is 0.440. The number of allylic oxidation sites excluding steroid dienone is 1. The first-order valence-electron chi connectivity index (χ1n) is 22.9. The zero-order valence-corrected chi connectivity index (χ0v) is 39.3. The standard InChI is InChI=1S/C50H57ClN6O8S/c1-50(2)16-14-36(44(28-50)34-6-8-37(51)9-7-34)30-55-18-20-56(21-19-55)38-10-13-42(47(25-38)65-40-24-35-15-17-52-48(35)53-29-40)49(58)54-66(61,62)41-26-45(57(59)60)43-23-33(31-64-46(43)27-41)22-32-4-11-39(63-3)12-5-32/h6-10,13,15,17,24-27,29,32-33,39H,4-5,11-12,14,16,18-23,28,30-31H2,1-3H3,(H,52,53)(H,54,58)/t32?,33-,39?/m0/s1. The number of halogens is 1. The van der Waals surface area contributed by atoms with Crippen molar-refractivity contribution in [3.63, 3.8) is 0 Å². The van der Waals surface area contributed by atoms with E-state index >= 15 is 0 Å². The molecular formula is C50H57ClN6O8S. The van der Waals surface area contributed by atoms with Gasteiger partial charge in [0.25, 0.3) is 21.6 Å². The summed E-state index contributed by atoms with van der Waals surface area (Å²) in [6.07, 6.45) is 12.0. The number of nitrogens with one attached hydrogen (secondary N) is 2. The van der Waals surface area contributed by atoms with Crippen LogP contribution in [0.2, 0.25) is 5.02 Å². The fourth-order valence-electron chi connectivity index (χ4n) is 10.3. The van der Waals surface area contributed by atoms with Crippen molar-refractivity contribution in [1.29, 1.82) is 0 Å². The van der Waals surface area contributed by atoms with E-state index in [0.29, 0.717) is 35.9 Å². The minimum Gasteiger partial charge on any atom is -0.493 e. The first-order chi connectivity index (χ1) is 31.7. The van der Waals surface area contributed by atoms with Crippen molar-refractivity contribution >= 4 is 55.5 Å². The average Bonchev–Trinajstić information content (AvgIpc) is 3.78. The van der Waals surface area contributed by atoms with E-state index in [2.05, 4.69) is 50.5 Å². The van der Waals surface area contributed by atoms with E-state index in [1.165, 1.54) is 29.0 Å². The third-order valence-corrected chi connectivity index (χ3v) is 15.6. The van der Waals surface area contributed by atoms with E-state index in [1.807, 2.05) is 18.2 Å². The number of hydrogen-bond acceptors (Lipinski definition) is 11. The van der Waals surface area contributed by atoms with Crippen LogP contribution in [0.3, 0.4) is 0 Å². The number of nitro benzene ring substituents is 1. The molecule has 9 rings (SSSR count). The van der Waals surface area contributed by atoms with Crippen molar-refractivity contribution in [2.45, 2.75) is 82.6 Å². The molecule has 2 aromatic heterocycles. The van der Waals surface area contributed by atoms with Gasteiger partial charge in [0.15, 0.2) is 0 Å². The highest BCUT2D eigenvalue weighted by atomic mass is 35.5. The Kier molecular flexibility index (Phi) is 13.2. The van der Waals surface area contributed by atoms with Crippen LogP contribution in [0.25, 0.3) is 16.6 Å². The van der Waals surface area contributed by atoms with Crippen LogP contribution in [0.15, 0.2) is 89.6 Å². The molecule has 2 aliphatic heterocycles. The molecule has 1 atom stereocenters. The monoisotopic (exact) mass is 936 g/mol. The van der Waals surface area contributed by atoms with Crippen LogP contribution in [0.5, 0.6) is 17.2 Å². The van der Waals surface area contributed by atoms with Crippen molar-refractivity contribution in [2.75, 3.05) is 51.3 Å². The van der Waals surface area contributed by atoms with Gasteiger partial charge in [-0.1, -0.05) is 43.2 Å². The molecule has 5 aromatic rings. The number of amides is 1. The van der Waals surface area contributed by atoms with Gasteiger partial charge in [-0.15, -0.1) is 0 Å². The summed E-state index contributed by atoms with van der Waals surface area (Å²) >= 11 is 6.25. The predicted octanol–water partition coefficient (Wildman–Crippen LogP) is 9.97. The Labute approximate surface area is 390 Å². The van der Waals surface area contributed by atoms with Gasteiger partial charge in [0.2, 0.25) is 0 Å². The molecule has 0 unspecified atom stereocenters. The van der Waals surface area contributed by atoms with Gasteiger partial charge >= 0.3 is 0 Å². The zero-order valence-electron chi connectivity index (χ0n) is 37.7. The van der Waals surface area contributed by atoms with E-state index in [-0.39, 0.29) is 40.2 Å². The number of hydrogen-bond donors (Lipinski definition) is 2. The molecule has 1 saturated carbocycles. The minimum absolute atomic E-state index is 0.0388. The van der Waals surface area contributed by atoms with Gasteiger partial charge in [-0.2, -0.15) is 0 Å². The lowest BCUT2D eigenvalue weighted by atomic mass is 9.72. The number of rotatable bonds is 13. The largest absolute Gasteiger partial charge is 0.493 e. The number of methoxy groups -OCH3 is 1. The number of nitro groups is 1. The Hall–Kier alpha value is -5.48. The number of benzene rings is 3. The Bertz CT molecular complexity index is 2760. The average molecular weight is 938 g/mol. The Morgan fingerprint density at radius 1 is 1.02 bits per heavy atom. The summed E-state index contributed by atoms with van der Waals surface area (Å²) in [6.45, 7) is 8.95. The van der Waals surface area contributed by atoms with Gasteiger partial charge in [0.05, 0.1) is 39.9 Å². The number of ether oxygens (including phenoxy) is 3. The van der Waals surface area contributed by atoms with Crippen molar-refractivity contribution in [2.24, 2.45) is 17.3 Å². The van der Waals surface area contributed by atoms with Crippen LogP contribution in [0.4, 0.5) is 11.4 Å². The molecule has 2 aliphatic carbocycles. The van der Waals surface area contributed by atoms with Gasteiger partial charge in [-0.25, -0.2) is 18.1 Å². The topological polar surface area (TPSA) is 169 Å². The molecule has 2 N–H and O–H groups in total. The maximum Gasteiger partial charge on any atom is 0.277 e. The third-order valence-electron chi connectivity index (χ3n) is 14.0. The molecule has 1 saturated heterocycles. The number of aromatic amines is 1. The van der Waals surface area contributed by atoms with Crippen LogP contribution in [-0.4, -0.2) is 86.7 Å². The van der Waals surface area contributed by atoms with E-state index in [9.17, 15) is 23.3 Å². The maximum absolute atomic E-state index is 14.1. The molecule has 66 heavy (non-hydrogen) atoms. The minimum atomic E-state index is -4.62. The first-order valence-corrected chi connectivity index (χ1v) is 24.8. The number of carbonyl (C=O) groups excluding carboxylic acids is 1. The van der Waals surface area contributed by atoms with Gasteiger partial charge in [0, 0.05) is 80.3 Å². The summed E-state index contributed by atoms with van der Waals surface area (Å²) in [5.41, 5.74) is 5.78. The molecule has 348 valence electrons. The molecule has 3 aromatic carbocycles. The van der Waals surface area contributed by atoms with Crippen molar-refractivity contribution in [3.05, 3.63) is 117 Å². The number of pyridine rings is 1. The van der Waals surface area contributed by atoms with Crippen LogP contribution < -0.4 is 19.1 Å². The van der Waals surface area contributed by atoms with E-state index in [1.54, 1.807) is 37.6 Å². The van der Waals surface area contributed by atoms with Gasteiger partial charge in [0.1, 0.15) is 22.9 Å². The second-order valence-corrected chi connectivity index (χ2v) is 21.3. The second-order valence-electron chi connectivity index (χ2n) is 19.2. The van der Waals surface area contributed by atoms with Crippen molar-refractivity contribution in [3.8, 4) is 17.2 Å². The van der Waals surface area contributed by atoms with Crippen molar-refractivity contribution < 1.29 is 32.3 Å². The summed E-state index contributed by atoms with van der Waals surface area (Å²) in [5.74, 6) is 0.190. The van der Waals surface area contributed by atoms with Gasteiger partial charge in [-0.3, -0.25) is 19.8 Å². The third kappa shape index (κ3) is 10.2. The van der Waals surface area contributed by atoms with Gasteiger partial charge in [-0.05, 0) is 123 Å². The van der Waals surface area contributed by atoms with Crippen molar-refractivity contribution in [1.82, 2.24) is 19.6 Å². The highest BCUT2D eigenvalue weighted by Crippen LogP contribution is 2.44. The molecule has 16 heteroatoms. The number of H-pyrrole nitrogens is 1. The Balaban J connectivity index is 0.927. The van der Waals surface area contributed by atoms with Crippen LogP contribution in [0, 0.1) is 27.4 Å². The smallest absolute Gasteiger partial charge is 0.277 e. The van der Waals surface area contributed by atoms with Crippen LogP contribution in [0.1, 0.15) is 86.7 Å². The lowest BCUT2D eigenvalue weighted by Gasteiger charge is -2.39. The Morgan fingerprint density at radius 3 is 2.53 bits per heavy atom. The molecule has 0 bridgehead atoms. The molecule has 0 radical (unpaired) electrons. The summed E-state index contributed by atoms with van der Waals surface area (Å²) in [6, 6.07) is 19.2. The summed E-state index contributed by atoms with van der Waals surface area (Å²) in [7, 11) is -2.89. The quantitative estimate of drug-likeness (QED) is 0.0851. The lowest BCUT2D eigenvalue weighted by Crippen LogP contribution is -2.47. The summed E-state index contributed by atoms with van der Waals surface area (Å²) in [4.78, 5) is 37.7. The lowest BCUT2D eigenvalue weighted by molar-refractivity contribution is -0.386. The first kappa shape index (κ1) is 45.7. The van der Waals surface area contributed by atoms with Gasteiger partial charge < -0.3 is 24.1 Å². The van der Waals surface area contributed by atoms with E-state index < -0.39 is 25.7 Å². The molecule has 0 spiro atoms. The number of piperazine rings is 1. The Morgan fingerprint density at radius 2 is 1.79 bits per heavy atom. The highest BCUT2D eigenvalue weighted by molar-refractivity contribution is 7.90.